The number of nitrogens with zero attached hydrogens (tertiary/aromatic N) is 6. The van der Waals surface area contributed by atoms with Crippen molar-refractivity contribution in [3.8, 4) is 16.9 Å². The number of hydrogen-bond acceptors (Lipinski definition) is 8. The van der Waals surface area contributed by atoms with Crippen molar-refractivity contribution in [3.05, 3.63) is 54.0 Å². The molecule has 1 fully saturated rings. The van der Waals surface area contributed by atoms with Crippen molar-refractivity contribution in [1.82, 2.24) is 19.7 Å². The number of nitrogens with two attached hydrogens (primary N) is 3. The number of halogens is 2. The molecule has 4 rings (SSSR count). The molecule has 0 atom stereocenters. The Morgan fingerprint density at radius 2 is 1.89 bits per heavy atom. The summed E-state index contributed by atoms with van der Waals surface area (Å²) in [6.07, 6.45) is 8.47. The standard InChI is InChI=1S/C26H35F2N9O/c1-17(2)7-10-36-16-19(15-33-36)18-13-20(25(29)32-14-18)26(34-30)37(31)21-5-6-22(24(28)23(21)27)38-12-11-35-8-3-4-9-35/h5-6,13-17H,3-4,7-12,30-31H2,1-2H3,(H2,29,32)/b34-26-. The molecule has 0 radical (unpaired) electrons. The fourth-order valence-corrected chi connectivity index (χ4v) is 4.32. The van der Waals surface area contributed by atoms with Crippen molar-refractivity contribution in [3.63, 3.8) is 0 Å². The van der Waals surface area contributed by atoms with Crippen molar-refractivity contribution in [2.45, 2.75) is 39.7 Å². The number of anilines is 2. The van der Waals surface area contributed by atoms with E-state index in [1.54, 1.807) is 18.5 Å². The second kappa shape index (κ2) is 12.2. The third-order valence-electron chi connectivity index (χ3n) is 6.56. The van der Waals surface area contributed by atoms with Gasteiger partial charge in [0.25, 0.3) is 0 Å². The lowest BCUT2D eigenvalue weighted by atomic mass is 10.1. The Kier molecular flexibility index (Phi) is 8.74. The first-order chi connectivity index (χ1) is 18.3. The molecule has 0 bridgehead atoms. The first-order valence-corrected chi connectivity index (χ1v) is 12.7. The Labute approximate surface area is 221 Å². The van der Waals surface area contributed by atoms with Crippen LogP contribution in [0.15, 0.2) is 41.9 Å². The van der Waals surface area contributed by atoms with Crippen molar-refractivity contribution < 1.29 is 13.5 Å². The highest BCUT2D eigenvalue weighted by Gasteiger charge is 2.24. The number of benzene rings is 1. The molecule has 1 aromatic carbocycles. The van der Waals surface area contributed by atoms with Crippen LogP contribution in [0.3, 0.4) is 0 Å². The Bertz CT molecular complexity index is 1270. The van der Waals surface area contributed by atoms with Crippen molar-refractivity contribution in [1.29, 1.82) is 0 Å². The van der Waals surface area contributed by atoms with Gasteiger partial charge in [0, 0.05) is 36.6 Å². The summed E-state index contributed by atoms with van der Waals surface area (Å²) < 4.78 is 37.3. The molecule has 0 amide bonds. The van der Waals surface area contributed by atoms with Crippen molar-refractivity contribution in [2.75, 3.05) is 37.0 Å². The summed E-state index contributed by atoms with van der Waals surface area (Å²) in [5.74, 6) is 9.81. The number of ether oxygens (including phenoxy) is 1. The number of aryl methyl sites for hydroxylation is 1. The monoisotopic (exact) mass is 527 g/mol. The van der Waals surface area contributed by atoms with E-state index in [0.717, 1.165) is 49.5 Å². The Balaban J connectivity index is 1.53. The van der Waals surface area contributed by atoms with Gasteiger partial charge >= 0.3 is 0 Å². The zero-order chi connectivity index (χ0) is 27.2. The summed E-state index contributed by atoms with van der Waals surface area (Å²) >= 11 is 0. The number of hydrazone groups is 1. The molecule has 1 aliphatic rings. The first kappa shape index (κ1) is 27.3. The SMILES string of the molecule is CC(C)CCn1cc(-c2cnc(N)c(/C(=N/N)N(N)c3ccc(OCCN4CCCC4)c(F)c3F)c2)cn1. The quantitative estimate of drug-likeness (QED) is 0.158. The van der Waals surface area contributed by atoms with Gasteiger partial charge in [0.1, 0.15) is 12.4 Å². The topological polar surface area (TPSA) is 137 Å². The Morgan fingerprint density at radius 3 is 2.61 bits per heavy atom. The van der Waals surface area contributed by atoms with Crippen LogP contribution >= 0.6 is 0 Å². The predicted octanol–water partition coefficient (Wildman–Crippen LogP) is 3.33. The Hall–Kier alpha value is -3.77. The molecule has 10 nitrogen and oxygen atoms in total. The van der Waals surface area contributed by atoms with E-state index in [-0.39, 0.29) is 35.3 Å². The van der Waals surface area contributed by atoms with E-state index in [1.165, 1.54) is 12.1 Å². The summed E-state index contributed by atoms with van der Waals surface area (Å²) in [7, 11) is 0. The second-order valence-electron chi connectivity index (χ2n) is 9.76. The molecule has 0 unspecified atom stereocenters. The van der Waals surface area contributed by atoms with Crippen LogP contribution in [0.4, 0.5) is 20.3 Å². The molecule has 0 saturated carbocycles. The van der Waals surface area contributed by atoms with Gasteiger partial charge in [-0.1, -0.05) is 13.8 Å². The van der Waals surface area contributed by atoms with E-state index in [0.29, 0.717) is 18.0 Å². The average Bonchev–Trinajstić information content (AvgIpc) is 3.59. The van der Waals surface area contributed by atoms with E-state index >= 15 is 4.39 Å². The minimum atomic E-state index is -1.19. The third-order valence-corrected chi connectivity index (χ3v) is 6.56. The lowest BCUT2D eigenvalue weighted by molar-refractivity contribution is 0.229. The van der Waals surface area contributed by atoms with E-state index in [4.69, 9.17) is 22.2 Å². The van der Waals surface area contributed by atoms with Crippen LogP contribution in [0.5, 0.6) is 5.75 Å². The van der Waals surface area contributed by atoms with Crippen LogP contribution < -0.4 is 27.2 Å². The number of aromatic nitrogens is 3. The van der Waals surface area contributed by atoms with Crippen LogP contribution in [0.25, 0.3) is 11.1 Å². The van der Waals surface area contributed by atoms with Gasteiger partial charge in [0.2, 0.25) is 5.82 Å². The van der Waals surface area contributed by atoms with Gasteiger partial charge in [0.15, 0.2) is 17.4 Å². The largest absolute Gasteiger partial charge is 0.489 e. The molecule has 3 heterocycles. The highest BCUT2D eigenvalue weighted by molar-refractivity contribution is 6.12. The molecule has 0 aliphatic carbocycles. The minimum absolute atomic E-state index is 0.0725. The number of likely N-dealkylation sites (tertiary alicyclic amines) is 1. The number of nitrogen functional groups attached to an aromatic ring is 1. The molecule has 0 spiro atoms. The zero-order valence-electron chi connectivity index (χ0n) is 21.8. The highest BCUT2D eigenvalue weighted by atomic mass is 19.2. The number of rotatable bonds is 10. The van der Waals surface area contributed by atoms with E-state index in [2.05, 4.69) is 33.9 Å². The van der Waals surface area contributed by atoms with E-state index in [1.807, 2.05) is 10.9 Å². The predicted molar refractivity (Wildman–Crippen MR) is 144 cm³/mol. The molecule has 38 heavy (non-hydrogen) atoms. The van der Waals surface area contributed by atoms with Gasteiger partial charge in [-0.25, -0.2) is 15.2 Å². The molecule has 3 aromatic rings. The lowest BCUT2D eigenvalue weighted by Gasteiger charge is -2.22. The number of amidine groups is 1. The van der Waals surface area contributed by atoms with Crippen LogP contribution in [0.2, 0.25) is 0 Å². The molecule has 2 aromatic heterocycles. The maximum Gasteiger partial charge on any atom is 0.202 e. The fraction of sp³-hybridized carbons (Fsp3) is 0.423. The second-order valence-corrected chi connectivity index (χ2v) is 9.76. The molecule has 1 aliphatic heterocycles. The minimum Gasteiger partial charge on any atom is -0.489 e. The molecule has 1 saturated heterocycles. The van der Waals surface area contributed by atoms with Gasteiger partial charge in [-0.3, -0.25) is 14.6 Å². The van der Waals surface area contributed by atoms with Gasteiger partial charge in [-0.2, -0.15) is 14.6 Å². The van der Waals surface area contributed by atoms with Gasteiger partial charge in [-0.15, -0.1) is 0 Å². The number of pyridine rings is 1. The summed E-state index contributed by atoms with van der Waals surface area (Å²) in [6, 6.07) is 4.32. The Morgan fingerprint density at radius 1 is 1.13 bits per heavy atom. The van der Waals surface area contributed by atoms with E-state index < -0.39 is 11.6 Å². The van der Waals surface area contributed by atoms with Crippen molar-refractivity contribution >= 4 is 17.3 Å². The van der Waals surface area contributed by atoms with Crippen LogP contribution in [-0.4, -0.2) is 51.7 Å². The van der Waals surface area contributed by atoms with Gasteiger partial charge in [-0.05, 0) is 56.5 Å². The lowest BCUT2D eigenvalue weighted by Crippen LogP contribution is -2.40. The maximum absolute atomic E-state index is 15.1. The summed E-state index contributed by atoms with van der Waals surface area (Å²) in [6.45, 7) is 7.96. The van der Waals surface area contributed by atoms with Crippen molar-refractivity contribution in [2.24, 2.45) is 22.7 Å². The smallest absolute Gasteiger partial charge is 0.202 e. The highest BCUT2D eigenvalue weighted by Crippen LogP contribution is 2.30. The van der Waals surface area contributed by atoms with Crippen LogP contribution in [0, 0.1) is 17.6 Å². The molecule has 6 N–H and O–H groups in total. The van der Waals surface area contributed by atoms with E-state index in [9.17, 15) is 4.39 Å². The molecular weight excluding hydrogens is 492 g/mol. The normalized spacial score (nSPS) is 14.4. The number of hydrogen-bond donors (Lipinski definition) is 3. The summed E-state index contributed by atoms with van der Waals surface area (Å²) in [5, 5.41) is 8.96. The van der Waals surface area contributed by atoms with Gasteiger partial charge < -0.3 is 16.3 Å². The van der Waals surface area contributed by atoms with Crippen LogP contribution in [0.1, 0.15) is 38.7 Å². The third kappa shape index (κ3) is 6.20. The molecular formula is C26H35F2N9O. The molecule has 204 valence electrons. The van der Waals surface area contributed by atoms with Crippen LogP contribution in [-0.2, 0) is 6.54 Å². The fourth-order valence-electron chi connectivity index (χ4n) is 4.32. The molecule has 12 heteroatoms. The average molecular weight is 528 g/mol. The maximum atomic E-state index is 15.1. The zero-order valence-corrected chi connectivity index (χ0v) is 21.8. The summed E-state index contributed by atoms with van der Waals surface area (Å²) in [5.41, 5.74) is 7.56. The van der Waals surface area contributed by atoms with Gasteiger partial charge in [0.05, 0.1) is 17.4 Å². The number of hydrazine groups is 1. The first-order valence-electron chi connectivity index (χ1n) is 12.7. The summed E-state index contributed by atoms with van der Waals surface area (Å²) in [4.78, 5) is 6.45.